The van der Waals surface area contributed by atoms with Gasteiger partial charge in [-0.3, -0.25) is 9.44 Å². The van der Waals surface area contributed by atoms with Crippen LogP contribution < -0.4 is 9.38 Å². The highest BCUT2D eigenvalue weighted by molar-refractivity contribution is 5.77. The number of carbonyl (C=O) groups excluding carboxylic acids is 2. The van der Waals surface area contributed by atoms with Crippen LogP contribution in [0.5, 0.6) is 5.75 Å². The third kappa shape index (κ3) is 3.90. The van der Waals surface area contributed by atoms with Crippen LogP contribution in [0, 0.1) is 36.8 Å². The first-order valence-electron chi connectivity index (χ1n) is 12.7. The molecular weight excluding hydrogens is 470 g/mol. The highest BCUT2D eigenvalue weighted by atomic mass is 16.6. The summed E-state index contributed by atoms with van der Waals surface area (Å²) in [6, 6.07) is 22.1. The third-order valence-corrected chi connectivity index (χ3v) is 8.06. The maximum Gasteiger partial charge on any atom is 0.344 e. The molecule has 1 heterocycles. The van der Waals surface area contributed by atoms with Crippen LogP contribution in [0.3, 0.4) is 0 Å². The predicted octanol–water partition coefficient (Wildman–Crippen LogP) is 5.64. The summed E-state index contributed by atoms with van der Waals surface area (Å²) in [4.78, 5) is 24.7. The SMILES string of the molecule is Cc1cc([N+]([O-])(c2ccccc2)c2ccccc2)cc(C)c1OCC(=O)O[C@H]1C2CC3C(=O)OC1C3C2. The van der Waals surface area contributed by atoms with Crippen LogP contribution >= 0.6 is 0 Å². The molecule has 190 valence electrons. The second kappa shape index (κ2) is 9.01. The number of fused-ring (bicyclic) bond motifs is 1. The summed E-state index contributed by atoms with van der Waals surface area (Å²) in [5, 5.41) is 14.5. The molecule has 2 aliphatic carbocycles. The van der Waals surface area contributed by atoms with Gasteiger partial charge in [0.25, 0.3) is 0 Å². The van der Waals surface area contributed by atoms with Crippen molar-refractivity contribution in [2.75, 3.05) is 6.61 Å². The first-order chi connectivity index (χ1) is 17.9. The van der Waals surface area contributed by atoms with Crippen LogP contribution in [-0.2, 0) is 19.1 Å². The maximum atomic E-state index is 14.5. The third-order valence-electron chi connectivity index (χ3n) is 8.06. The lowest BCUT2D eigenvalue weighted by molar-refractivity contribution is -0.163. The minimum Gasteiger partial charge on any atom is -0.616 e. The number of benzene rings is 3. The second-order valence-electron chi connectivity index (χ2n) is 10.3. The molecule has 4 unspecified atom stereocenters. The molecule has 1 aliphatic heterocycles. The van der Waals surface area contributed by atoms with Crippen LogP contribution in [0.15, 0.2) is 72.8 Å². The molecule has 1 saturated heterocycles. The topological polar surface area (TPSA) is 84.9 Å². The van der Waals surface area contributed by atoms with Gasteiger partial charge < -0.3 is 19.4 Å². The average molecular weight is 500 g/mol. The van der Waals surface area contributed by atoms with Gasteiger partial charge in [0.15, 0.2) is 6.61 Å². The lowest BCUT2D eigenvalue weighted by atomic mass is 9.88. The predicted molar refractivity (Wildman–Crippen MR) is 138 cm³/mol. The Morgan fingerprint density at radius 2 is 1.54 bits per heavy atom. The van der Waals surface area contributed by atoms with Crippen molar-refractivity contribution in [3.8, 4) is 5.75 Å². The number of carbonyl (C=O) groups is 2. The van der Waals surface area contributed by atoms with Crippen LogP contribution in [-0.4, -0.2) is 30.8 Å². The maximum absolute atomic E-state index is 14.5. The zero-order chi connectivity index (χ0) is 25.7. The normalized spacial score (nSPS) is 25.7. The molecular formula is C30H29NO6. The molecule has 7 heteroatoms. The zero-order valence-corrected chi connectivity index (χ0v) is 20.8. The lowest BCUT2D eigenvalue weighted by Gasteiger charge is -2.41. The Labute approximate surface area is 215 Å². The van der Waals surface area contributed by atoms with Crippen molar-refractivity contribution < 1.29 is 23.8 Å². The van der Waals surface area contributed by atoms with Crippen LogP contribution in [0.25, 0.3) is 0 Å². The summed E-state index contributed by atoms with van der Waals surface area (Å²) in [5.41, 5.74) is 3.22. The van der Waals surface area contributed by atoms with Gasteiger partial charge >= 0.3 is 11.9 Å². The average Bonchev–Trinajstić information content (AvgIpc) is 3.54. The molecule has 2 saturated carbocycles. The molecule has 6 rings (SSSR count). The minimum absolute atomic E-state index is 0.0247. The highest BCUT2D eigenvalue weighted by Gasteiger charge is 2.63. The standard InChI is InChI=1S/C30H29NO6/c1-18-13-23(31(34,21-9-5-3-6-10-21)22-11-7-4-8-12-22)14-19(2)27(18)35-17-26(32)36-28-20-15-24-25(16-20)30(33)37-29(24)28/h3-14,20,24-25,28-29H,15-17H2,1-2H3/t20?,24?,25?,28-,29?/m0/s1. The Morgan fingerprint density at radius 3 is 2.14 bits per heavy atom. The monoisotopic (exact) mass is 499 g/mol. The Balaban J connectivity index is 1.21. The largest absolute Gasteiger partial charge is 0.616 e. The summed E-state index contributed by atoms with van der Waals surface area (Å²) in [6.07, 6.45) is 0.902. The first-order valence-corrected chi connectivity index (χ1v) is 12.7. The molecule has 7 nitrogen and oxygen atoms in total. The van der Waals surface area contributed by atoms with Gasteiger partial charge in [0.2, 0.25) is 0 Å². The van der Waals surface area contributed by atoms with Gasteiger partial charge in [-0.2, -0.15) is 0 Å². The molecule has 0 N–H and O–H groups in total. The minimum atomic E-state index is -0.753. The van der Waals surface area contributed by atoms with Crippen LogP contribution in [0.2, 0.25) is 0 Å². The summed E-state index contributed by atoms with van der Waals surface area (Å²) in [6.45, 7) is 3.48. The van der Waals surface area contributed by atoms with Gasteiger partial charge in [-0.1, -0.05) is 36.4 Å². The summed E-state index contributed by atoms with van der Waals surface area (Å²) in [5.74, 6) is 0.238. The van der Waals surface area contributed by atoms with Gasteiger partial charge in [-0.25, -0.2) is 4.79 Å². The molecule has 3 fully saturated rings. The molecule has 2 bridgehead atoms. The van der Waals surface area contributed by atoms with E-state index in [0.29, 0.717) is 22.8 Å². The summed E-state index contributed by atoms with van der Waals surface area (Å²) < 4.78 is 16.4. The van der Waals surface area contributed by atoms with Crippen molar-refractivity contribution in [2.45, 2.75) is 38.9 Å². The lowest BCUT2D eigenvalue weighted by Crippen LogP contribution is -2.37. The molecule has 37 heavy (non-hydrogen) atoms. The molecule has 0 spiro atoms. The number of hydrogen-bond donors (Lipinski definition) is 0. The fourth-order valence-corrected chi connectivity index (χ4v) is 6.44. The number of hydrogen-bond acceptors (Lipinski definition) is 6. The molecule has 5 atom stereocenters. The number of nitrogens with zero attached hydrogens (tertiary/aromatic N) is 1. The van der Waals surface area contributed by atoms with E-state index in [4.69, 9.17) is 14.2 Å². The van der Waals surface area contributed by atoms with Crippen molar-refractivity contribution in [2.24, 2.45) is 17.8 Å². The van der Waals surface area contributed by atoms with E-state index in [9.17, 15) is 14.8 Å². The smallest absolute Gasteiger partial charge is 0.344 e. The van der Waals surface area contributed by atoms with Gasteiger partial charge in [0, 0.05) is 48.2 Å². The van der Waals surface area contributed by atoms with E-state index in [1.807, 2.05) is 86.6 Å². The fraction of sp³-hybridized carbons (Fsp3) is 0.333. The number of rotatable bonds is 7. The Hall–Kier alpha value is -3.68. The summed E-state index contributed by atoms with van der Waals surface area (Å²) in [7, 11) is 0. The number of esters is 2. The first kappa shape index (κ1) is 23.7. The number of para-hydroxylation sites is 2. The number of aryl methyl sites for hydroxylation is 2. The second-order valence-corrected chi connectivity index (χ2v) is 10.3. The van der Waals surface area contributed by atoms with E-state index < -0.39 is 10.6 Å². The van der Waals surface area contributed by atoms with Crippen molar-refractivity contribution in [1.29, 1.82) is 0 Å². The quantitative estimate of drug-likeness (QED) is 0.237. The molecule has 3 aromatic carbocycles. The van der Waals surface area contributed by atoms with Crippen molar-refractivity contribution in [3.05, 3.63) is 89.1 Å². The van der Waals surface area contributed by atoms with E-state index in [0.717, 1.165) is 24.0 Å². The van der Waals surface area contributed by atoms with Gasteiger partial charge in [-0.05, 0) is 37.8 Å². The van der Waals surface area contributed by atoms with E-state index in [2.05, 4.69) is 0 Å². The van der Waals surface area contributed by atoms with E-state index in [-0.39, 0.29) is 42.5 Å². The zero-order valence-electron chi connectivity index (χ0n) is 20.8. The fourth-order valence-electron chi connectivity index (χ4n) is 6.44. The Bertz CT molecular complexity index is 1280. The van der Waals surface area contributed by atoms with E-state index in [1.54, 1.807) is 0 Å². The molecule has 3 aromatic rings. The van der Waals surface area contributed by atoms with E-state index >= 15 is 0 Å². The molecule has 3 aliphatic rings. The van der Waals surface area contributed by atoms with Gasteiger partial charge in [0.1, 0.15) is 35.0 Å². The van der Waals surface area contributed by atoms with E-state index in [1.165, 1.54) is 0 Å². The van der Waals surface area contributed by atoms with Crippen LogP contribution in [0.4, 0.5) is 17.1 Å². The van der Waals surface area contributed by atoms with Crippen LogP contribution in [0.1, 0.15) is 24.0 Å². The molecule has 0 amide bonds. The van der Waals surface area contributed by atoms with Crippen molar-refractivity contribution in [3.63, 3.8) is 0 Å². The van der Waals surface area contributed by atoms with Gasteiger partial charge in [0.05, 0.1) is 5.92 Å². The van der Waals surface area contributed by atoms with Gasteiger partial charge in [-0.15, -0.1) is 0 Å². The number of ether oxygens (including phenoxy) is 3. The summed E-state index contributed by atoms with van der Waals surface area (Å²) >= 11 is 0. The highest BCUT2D eigenvalue weighted by Crippen LogP contribution is 2.55. The Kier molecular flexibility index (Phi) is 5.77. The van der Waals surface area contributed by atoms with Crippen molar-refractivity contribution in [1.82, 2.24) is 4.65 Å². The Morgan fingerprint density at radius 1 is 0.946 bits per heavy atom. The molecule has 0 radical (unpaired) electrons. The number of quaternary nitrogens is 1. The van der Waals surface area contributed by atoms with Crippen molar-refractivity contribution >= 4 is 29.0 Å². The molecule has 0 aromatic heterocycles.